The Balaban J connectivity index is 2.12. The van der Waals surface area contributed by atoms with E-state index in [2.05, 4.69) is 43.2 Å². The van der Waals surface area contributed by atoms with Gasteiger partial charge in [-0.25, -0.2) is 9.78 Å². The fourth-order valence-corrected chi connectivity index (χ4v) is 5.00. The highest BCUT2D eigenvalue weighted by molar-refractivity contribution is 7.09. The second-order valence-electron chi connectivity index (χ2n) is 6.77. The van der Waals surface area contributed by atoms with E-state index >= 15 is 0 Å². The van der Waals surface area contributed by atoms with Crippen molar-refractivity contribution in [3.63, 3.8) is 0 Å². The number of benzene rings is 1. The molecule has 0 aliphatic rings. The first-order valence-corrected chi connectivity index (χ1v) is 12.7. The van der Waals surface area contributed by atoms with Crippen molar-refractivity contribution in [2.75, 3.05) is 6.61 Å². The first-order valence-electron chi connectivity index (χ1n) is 8.65. The van der Waals surface area contributed by atoms with E-state index in [9.17, 15) is 4.79 Å². The average molecular weight is 373 g/mol. The molecule has 0 aliphatic heterocycles. The molecule has 3 aromatic rings. The predicted molar refractivity (Wildman–Crippen MR) is 107 cm³/mol. The Bertz CT molecular complexity index is 884. The van der Waals surface area contributed by atoms with Crippen molar-refractivity contribution in [2.24, 2.45) is 0 Å². The lowest BCUT2D eigenvalue weighted by atomic mass is 10.2. The summed E-state index contributed by atoms with van der Waals surface area (Å²) in [5.41, 5.74) is 1.66. The molecule has 0 fully saturated rings. The smallest absolute Gasteiger partial charge is 0.354 e. The second kappa shape index (κ2) is 7.13. The molecule has 6 heteroatoms. The van der Waals surface area contributed by atoms with Crippen LogP contribution < -0.4 is 5.19 Å². The molecule has 2 aromatic heterocycles. The van der Waals surface area contributed by atoms with Crippen molar-refractivity contribution >= 4 is 41.5 Å². The molecule has 0 spiro atoms. The summed E-state index contributed by atoms with van der Waals surface area (Å²) >= 11 is 1.60. The van der Waals surface area contributed by atoms with E-state index in [0.29, 0.717) is 18.8 Å². The van der Waals surface area contributed by atoms with E-state index < -0.39 is 8.07 Å². The lowest BCUT2D eigenvalue weighted by Crippen LogP contribution is -2.40. The van der Waals surface area contributed by atoms with Gasteiger partial charge < -0.3 is 9.30 Å². The quantitative estimate of drug-likeness (QED) is 0.480. The molecular formula is C19H24N2O2SSi. The normalized spacial score (nSPS) is 11.8. The van der Waals surface area contributed by atoms with Gasteiger partial charge >= 0.3 is 5.97 Å². The van der Waals surface area contributed by atoms with E-state index in [1.807, 2.05) is 22.9 Å². The zero-order chi connectivity index (χ0) is 18.0. The molecule has 2 heterocycles. The summed E-state index contributed by atoms with van der Waals surface area (Å²) in [4.78, 5) is 16.8. The maximum absolute atomic E-state index is 12.5. The van der Waals surface area contributed by atoms with E-state index in [-0.39, 0.29) is 5.97 Å². The number of hydrogen-bond acceptors (Lipinski definition) is 4. The molecule has 4 nitrogen and oxygen atoms in total. The molecule has 0 N–H and O–H groups in total. The zero-order valence-corrected chi connectivity index (χ0v) is 17.0. The molecule has 0 saturated heterocycles. The monoisotopic (exact) mass is 372 g/mol. The second-order valence-corrected chi connectivity index (χ2v) is 12.8. The van der Waals surface area contributed by atoms with Gasteiger partial charge in [0.15, 0.2) is 0 Å². The van der Waals surface area contributed by atoms with Gasteiger partial charge in [-0.1, -0.05) is 43.4 Å². The van der Waals surface area contributed by atoms with Gasteiger partial charge in [-0.05, 0) is 19.1 Å². The Kier molecular flexibility index (Phi) is 5.10. The van der Waals surface area contributed by atoms with Crippen LogP contribution in [0, 0.1) is 0 Å². The van der Waals surface area contributed by atoms with Crippen molar-refractivity contribution in [3.8, 4) is 0 Å². The van der Waals surface area contributed by atoms with E-state index in [4.69, 9.17) is 4.74 Å². The van der Waals surface area contributed by atoms with Crippen LogP contribution in [-0.2, 0) is 11.3 Å². The molecule has 0 aliphatic carbocycles. The van der Waals surface area contributed by atoms with Crippen molar-refractivity contribution in [1.82, 2.24) is 9.55 Å². The van der Waals surface area contributed by atoms with Crippen molar-refractivity contribution in [3.05, 3.63) is 46.5 Å². The van der Waals surface area contributed by atoms with Gasteiger partial charge in [-0.15, -0.1) is 11.3 Å². The summed E-state index contributed by atoms with van der Waals surface area (Å²) in [6.45, 7) is 9.81. The molecule has 25 heavy (non-hydrogen) atoms. The predicted octanol–water partition coefficient (Wildman–Crippen LogP) is 4.26. The summed E-state index contributed by atoms with van der Waals surface area (Å²) in [5, 5.41) is 5.46. The van der Waals surface area contributed by atoms with Gasteiger partial charge in [0.1, 0.15) is 10.7 Å². The lowest BCUT2D eigenvalue weighted by Gasteiger charge is -2.21. The molecule has 0 amide bonds. The lowest BCUT2D eigenvalue weighted by molar-refractivity contribution is 0.0515. The number of hydrogen-bond donors (Lipinski definition) is 0. The third-order valence-electron chi connectivity index (χ3n) is 4.83. The molecule has 0 saturated carbocycles. The minimum atomic E-state index is -1.42. The number of esters is 1. The number of nitrogens with zero attached hydrogens (tertiary/aromatic N) is 2. The van der Waals surface area contributed by atoms with E-state index in [0.717, 1.165) is 15.9 Å². The fraction of sp³-hybridized carbons (Fsp3) is 0.368. The Labute approximate surface area is 153 Å². The highest BCUT2D eigenvalue weighted by Gasteiger charge is 2.23. The number of fused-ring (bicyclic) bond motifs is 1. The van der Waals surface area contributed by atoms with Crippen LogP contribution in [0.2, 0.25) is 19.1 Å². The van der Waals surface area contributed by atoms with Gasteiger partial charge in [0.25, 0.3) is 0 Å². The summed E-state index contributed by atoms with van der Waals surface area (Å²) in [6.07, 6.45) is 1.79. The summed E-state index contributed by atoms with van der Waals surface area (Å²) in [5.74, 6) is -0.274. The molecule has 132 valence electrons. The zero-order valence-electron chi connectivity index (χ0n) is 15.2. The van der Waals surface area contributed by atoms with Gasteiger partial charge in [-0.3, -0.25) is 0 Å². The van der Waals surface area contributed by atoms with E-state index in [1.54, 1.807) is 17.5 Å². The topological polar surface area (TPSA) is 44.1 Å². The van der Waals surface area contributed by atoms with Crippen LogP contribution in [0.15, 0.2) is 35.8 Å². The molecule has 3 rings (SSSR count). The molecule has 0 unspecified atom stereocenters. The summed E-state index contributed by atoms with van der Waals surface area (Å²) in [6, 6.07) is 9.79. The van der Waals surface area contributed by atoms with Crippen LogP contribution in [-0.4, -0.2) is 30.2 Å². The highest BCUT2D eigenvalue weighted by atomic mass is 32.1. The third kappa shape index (κ3) is 3.55. The standard InChI is InChI=1S/C19H24N2O2SSi/c1-5-23-19(22)17-12-14-11-15(25(3,4)6-2)7-8-16(14)21(17)13-18-20-9-10-24-18/h7-12H,5-6,13H2,1-4H3. The SMILES string of the molecule is CCOC(=O)c1cc2cc([Si](C)(C)CC)ccc2n1Cc1nccs1. The number of ether oxygens (including phenoxy) is 1. The number of rotatable bonds is 6. The minimum absolute atomic E-state index is 0.274. The van der Waals surface area contributed by atoms with Gasteiger partial charge in [0.05, 0.1) is 21.2 Å². The van der Waals surface area contributed by atoms with Crippen LogP contribution in [0.1, 0.15) is 29.3 Å². The number of carbonyl (C=O) groups is 1. The van der Waals surface area contributed by atoms with Crippen LogP contribution in [0.4, 0.5) is 0 Å². The Morgan fingerprint density at radius 2 is 2.08 bits per heavy atom. The van der Waals surface area contributed by atoms with Gasteiger partial charge in [0.2, 0.25) is 0 Å². The van der Waals surface area contributed by atoms with Gasteiger partial charge in [-0.2, -0.15) is 0 Å². The van der Waals surface area contributed by atoms with Crippen LogP contribution >= 0.6 is 11.3 Å². The Morgan fingerprint density at radius 1 is 1.28 bits per heavy atom. The fourth-order valence-electron chi connectivity index (χ4n) is 2.91. The summed E-state index contributed by atoms with van der Waals surface area (Å²) in [7, 11) is -1.42. The van der Waals surface area contributed by atoms with Crippen molar-refractivity contribution in [2.45, 2.75) is 39.5 Å². The summed E-state index contributed by atoms with van der Waals surface area (Å²) < 4.78 is 7.29. The van der Waals surface area contributed by atoms with Crippen LogP contribution in [0.5, 0.6) is 0 Å². The Morgan fingerprint density at radius 3 is 2.72 bits per heavy atom. The Hall–Kier alpha value is -1.92. The van der Waals surface area contributed by atoms with Crippen molar-refractivity contribution in [1.29, 1.82) is 0 Å². The first kappa shape index (κ1) is 17.9. The first-order chi connectivity index (χ1) is 12.0. The molecule has 0 atom stereocenters. The maximum Gasteiger partial charge on any atom is 0.354 e. The van der Waals surface area contributed by atoms with Crippen molar-refractivity contribution < 1.29 is 9.53 Å². The molecule has 0 radical (unpaired) electrons. The minimum Gasteiger partial charge on any atom is -0.461 e. The highest BCUT2D eigenvalue weighted by Crippen LogP contribution is 2.23. The van der Waals surface area contributed by atoms with Gasteiger partial charge in [0, 0.05) is 22.5 Å². The average Bonchev–Trinajstić information content (AvgIpc) is 3.23. The van der Waals surface area contributed by atoms with Crippen LogP contribution in [0.25, 0.3) is 10.9 Å². The van der Waals surface area contributed by atoms with E-state index in [1.165, 1.54) is 11.2 Å². The molecule has 1 aromatic carbocycles. The number of carbonyl (C=O) groups excluding carboxylic acids is 1. The maximum atomic E-state index is 12.5. The largest absolute Gasteiger partial charge is 0.461 e. The molecule has 0 bridgehead atoms. The molecular weight excluding hydrogens is 348 g/mol. The number of aromatic nitrogens is 2. The number of thiazole rings is 1. The third-order valence-corrected chi connectivity index (χ3v) is 9.23. The van der Waals surface area contributed by atoms with Crippen LogP contribution in [0.3, 0.4) is 0 Å².